The van der Waals surface area contributed by atoms with E-state index in [0.717, 1.165) is 18.7 Å². The fourth-order valence-corrected chi connectivity index (χ4v) is 2.09. The molecule has 120 valence electrons. The minimum atomic E-state index is -0.489. The number of pyridine rings is 1. The molecule has 0 aliphatic rings. The third-order valence-corrected chi connectivity index (χ3v) is 3.37. The van der Waals surface area contributed by atoms with Crippen molar-refractivity contribution in [3.05, 3.63) is 58.3 Å². The number of nitro groups is 1. The van der Waals surface area contributed by atoms with Crippen molar-refractivity contribution >= 4 is 23.4 Å². The van der Waals surface area contributed by atoms with Gasteiger partial charge in [-0.2, -0.15) is 5.10 Å². The maximum atomic E-state index is 10.5. The van der Waals surface area contributed by atoms with Gasteiger partial charge < -0.3 is 4.90 Å². The molecule has 0 aliphatic heterocycles. The minimum absolute atomic E-state index is 0.0495. The Kier molecular flexibility index (Phi) is 5.62. The number of benzene rings is 1. The van der Waals surface area contributed by atoms with Gasteiger partial charge in [-0.05, 0) is 37.6 Å². The van der Waals surface area contributed by atoms with E-state index in [9.17, 15) is 10.1 Å². The molecule has 0 saturated carbocycles. The highest BCUT2D eigenvalue weighted by Gasteiger charge is 2.04. The number of hydrogen-bond acceptors (Lipinski definition) is 6. The quantitative estimate of drug-likeness (QED) is 0.482. The number of anilines is 2. The molecular formula is C16H19N5O2. The Hall–Kier alpha value is -2.96. The zero-order valence-corrected chi connectivity index (χ0v) is 13.1. The van der Waals surface area contributed by atoms with Gasteiger partial charge in [-0.25, -0.2) is 4.98 Å². The molecule has 23 heavy (non-hydrogen) atoms. The Bertz CT molecular complexity index is 664. The highest BCUT2D eigenvalue weighted by Crippen LogP contribution is 2.14. The lowest BCUT2D eigenvalue weighted by atomic mass is 10.2. The van der Waals surface area contributed by atoms with E-state index in [1.807, 2.05) is 12.1 Å². The molecule has 0 amide bonds. The number of rotatable bonds is 7. The van der Waals surface area contributed by atoms with E-state index in [-0.39, 0.29) is 5.69 Å². The number of nitrogens with one attached hydrogen (secondary N) is 1. The van der Waals surface area contributed by atoms with Crippen molar-refractivity contribution in [1.29, 1.82) is 0 Å². The van der Waals surface area contributed by atoms with E-state index in [2.05, 4.69) is 46.4 Å². The molecule has 2 aromatic rings. The topological polar surface area (TPSA) is 83.7 Å². The van der Waals surface area contributed by atoms with Gasteiger partial charge in [0.2, 0.25) is 0 Å². The Labute approximate surface area is 134 Å². The summed E-state index contributed by atoms with van der Waals surface area (Å²) in [6.45, 7) is 6.19. The maximum absolute atomic E-state index is 10.5. The van der Waals surface area contributed by atoms with Crippen molar-refractivity contribution in [3.8, 4) is 0 Å². The number of aromatic nitrogens is 1. The molecule has 1 heterocycles. The van der Waals surface area contributed by atoms with E-state index < -0.39 is 4.92 Å². The molecule has 7 heteroatoms. The van der Waals surface area contributed by atoms with Gasteiger partial charge in [0, 0.05) is 24.8 Å². The molecule has 0 saturated heterocycles. The van der Waals surface area contributed by atoms with Gasteiger partial charge in [0.1, 0.15) is 12.0 Å². The minimum Gasteiger partial charge on any atom is -0.372 e. The van der Waals surface area contributed by atoms with Crippen LogP contribution >= 0.6 is 0 Å². The molecule has 0 atom stereocenters. The molecule has 0 radical (unpaired) electrons. The van der Waals surface area contributed by atoms with Gasteiger partial charge in [-0.1, -0.05) is 12.1 Å². The largest absolute Gasteiger partial charge is 0.372 e. The molecule has 7 nitrogen and oxygen atoms in total. The van der Waals surface area contributed by atoms with E-state index in [0.29, 0.717) is 5.82 Å². The van der Waals surface area contributed by atoms with Crippen molar-refractivity contribution < 1.29 is 4.92 Å². The summed E-state index contributed by atoms with van der Waals surface area (Å²) in [5, 5.41) is 14.6. The van der Waals surface area contributed by atoms with Crippen LogP contribution in [0.25, 0.3) is 0 Å². The second-order valence-corrected chi connectivity index (χ2v) is 4.79. The van der Waals surface area contributed by atoms with Gasteiger partial charge in [0.05, 0.1) is 11.1 Å². The van der Waals surface area contributed by atoms with Crippen molar-refractivity contribution in [2.75, 3.05) is 23.4 Å². The second kappa shape index (κ2) is 7.88. The number of hydrogen-bond donors (Lipinski definition) is 1. The van der Waals surface area contributed by atoms with Crippen LogP contribution in [0.5, 0.6) is 0 Å². The summed E-state index contributed by atoms with van der Waals surface area (Å²) in [5.74, 6) is 0.451. The average molecular weight is 313 g/mol. The lowest BCUT2D eigenvalue weighted by molar-refractivity contribution is -0.385. The molecule has 0 bridgehead atoms. The average Bonchev–Trinajstić information content (AvgIpc) is 2.58. The lowest BCUT2D eigenvalue weighted by Gasteiger charge is -2.20. The summed E-state index contributed by atoms with van der Waals surface area (Å²) in [6, 6.07) is 11.0. The van der Waals surface area contributed by atoms with Gasteiger partial charge in [-0.3, -0.25) is 15.5 Å². The smallest absolute Gasteiger partial charge is 0.287 e. The van der Waals surface area contributed by atoms with Crippen LogP contribution in [-0.2, 0) is 0 Å². The van der Waals surface area contributed by atoms with Crippen LogP contribution in [0.15, 0.2) is 47.7 Å². The van der Waals surface area contributed by atoms with Crippen molar-refractivity contribution in [2.24, 2.45) is 5.10 Å². The van der Waals surface area contributed by atoms with Crippen LogP contribution in [0.4, 0.5) is 17.2 Å². The van der Waals surface area contributed by atoms with Crippen LogP contribution in [0.1, 0.15) is 19.4 Å². The van der Waals surface area contributed by atoms with Crippen LogP contribution in [0.2, 0.25) is 0 Å². The summed E-state index contributed by atoms with van der Waals surface area (Å²) in [5.41, 5.74) is 4.83. The standard InChI is InChI=1S/C16H19N5O2/c1-3-20(4-2)14-7-5-13(6-8-14)11-18-19-16-10-9-15(12-17-16)21(22)23/h5-12H,3-4H2,1-2H3,(H,17,19)/b18-11-. The predicted octanol–water partition coefficient (Wildman–Crippen LogP) is 3.28. The molecular weight excluding hydrogens is 294 g/mol. The summed E-state index contributed by atoms with van der Waals surface area (Å²) in [7, 11) is 0. The van der Waals surface area contributed by atoms with E-state index >= 15 is 0 Å². The van der Waals surface area contributed by atoms with Crippen LogP contribution in [0, 0.1) is 10.1 Å². The highest BCUT2D eigenvalue weighted by molar-refractivity contribution is 5.80. The zero-order chi connectivity index (χ0) is 16.7. The third kappa shape index (κ3) is 4.50. The molecule has 0 aliphatic carbocycles. The first-order valence-corrected chi connectivity index (χ1v) is 7.38. The van der Waals surface area contributed by atoms with Gasteiger partial charge >= 0.3 is 0 Å². The Balaban J connectivity index is 1.96. The van der Waals surface area contributed by atoms with Gasteiger partial charge in [0.15, 0.2) is 0 Å². The normalized spacial score (nSPS) is 10.7. The van der Waals surface area contributed by atoms with Crippen LogP contribution in [0.3, 0.4) is 0 Å². The highest BCUT2D eigenvalue weighted by atomic mass is 16.6. The Morgan fingerprint density at radius 1 is 1.22 bits per heavy atom. The lowest BCUT2D eigenvalue weighted by Crippen LogP contribution is -2.21. The van der Waals surface area contributed by atoms with Crippen molar-refractivity contribution in [2.45, 2.75) is 13.8 Å². The van der Waals surface area contributed by atoms with E-state index in [1.165, 1.54) is 24.0 Å². The van der Waals surface area contributed by atoms with Crippen LogP contribution < -0.4 is 10.3 Å². The Morgan fingerprint density at radius 2 is 1.91 bits per heavy atom. The fraction of sp³-hybridized carbons (Fsp3) is 0.250. The molecule has 1 aromatic heterocycles. The fourth-order valence-electron chi connectivity index (χ4n) is 2.09. The van der Waals surface area contributed by atoms with E-state index in [4.69, 9.17) is 0 Å². The molecule has 2 rings (SSSR count). The van der Waals surface area contributed by atoms with Crippen molar-refractivity contribution in [3.63, 3.8) is 0 Å². The van der Waals surface area contributed by atoms with Gasteiger partial charge in [-0.15, -0.1) is 0 Å². The first-order chi connectivity index (χ1) is 11.1. The first kappa shape index (κ1) is 16.4. The first-order valence-electron chi connectivity index (χ1n) is 7.38. The van der Waals surface area contributed by atoms with Crippen LogP contribution in [-0.4, -0.2) is 29.2 Å². The SMILES string of the molecule is CCN(CC)c1ccc(/C=N\Nc2ccc([N+](=O)[O-])cn2)cc1. The monoisotopic (exact) mass is 313 g/mol. The molecule has 0 fully saturated rings. The summed E-state index contributed by atoms with van der Waals surface area (Å²) in [4.78, 5) is 16.2. The van der Waals surface area contributed by atoms with Gasteiger partial charge in [0.25, 0.3) is 5.69 Å². The van der Waals surface area contributed by atoms with E-state index in [1.54, 1.807) is 6.21 Å². The second-order valence-electron chi connectivity index (χ2n) is 4.79. The number of hydrazone groups is 1. The molecule has 0 unspecified atom stereocenters. The summed E-state index contributed by atoms with van der Waals surface area (Å²) < 4.78 is 0. The summed E-state index contributed by atoms with van der Waals surface area (Å²) >= 11 is 0. The predicted molar refractivity (Wildman–Crippen MR) is 92.1 cm³/mol. The Morgan fingerprint density at radius 3 is 2.43 bits per heavy atom. The van der Waals surface area contributed by atoms with Crippen molar-refractivity contribution in [1.82, 2.24) is 4.98 Å². The molecule has 1 N–H and O–H groups in total. The summed E-state index contributed by atoms with van der Waals surface area (Å²) in [6.07, 6.45) is 2.87. The molecule has 0 spiro atoms. The number of nitrogens with zero attached hydrogens (tertiary/aromatic N) is 4. The zero-order valence-electron chi connectivity index (χ0n) is 13.1. The molecule has 1 aromatic carbocycles. The third-order valence-electron chi connectivity index (χ3n) is 3.37. The maximum Gasteiger partial charge on any atom is 0.287 e.